The smallest absolute Gasteiger partial charge is 0.342 e. The minimum absolute atomic E-state index is 0.0457. The standard InChI is InChI=1S/C8H9NO4/c1-4-6(8(11)12-2)5(3-13-4)7(9)10/h3H,1-2H3,(H2,9,10). The van der Waals surface area contributed by atoms with Crippen LogP contribution < -0.4 is 5.73 Å². The number of carbonyl (C=O) groups is 2. The molecule has 0 aliphatic heterocycles. The highest BCUT2D eigenvalue weighted by Crippen LogP contribution is 2.16. The van der Waals surface area contributed by atoms with Crippen molar-refractivity contribution < 1.29 is 18.7 Å². The number of rotatable bonds is 2. The molecule has 13 heavy (non-hydrogen) atoms. The number of furan rings is 1. The van der Waals surface area contributed by atoms with Gasteiger partial charge in [-0.1, -0.05) is 0 Å². The summed E-state index contributed by atoms with van der Waals surface area (Å²) < 4.78 is 9.34. The summed E-state index contributed by atoms with van der Waals surface area (Å²) in [5, 5.41) is 0. The van der Waals surface area contributed by atoms with Gasteiger partial charge in [-0.15, -0.1) is 0 Å². The zero-order valence-corrected chi connectivity index (χ0v) is 7.29. The predicted octanol–water partition coefficient (Wildman–Crippen LogP) is 0.474. The maximum Gasteiger partial charge on any atom is 0.342 e. The van der Waals surface area contributed by atoms with Crippen molar-refractivity contribution in [3.63, 3.8) is 0 Å². The third kappa shape index (κ3) is 1.53. The Balaban J connectivity index is 3.24. The van der Waals surface area contributed by atoms with Gasteiger partial charge in [-0.2, -0.15) is 0 Å². The Kier molecular flexibility index (Phi) is 2.36. The molecule has 70 valence electrons. The third-order valence-electron chi connectivity index (χ3n) is 1.63. The van der Waals surface area contributed by atoms with Crippen molar-refractivity contribution >= 4 is 11.9 Å². The van der Waals surface area contributed by atoms with Gasteiger partial charge in [0.05, 0.1) is 12.7 Å². The van der Waals surface area contributed by atoms with Crippen molar-refractivity contribution in [1.29, 1.82) is 0 Å². The fourth-order valence-electron chi connectivity index (χ4n) is 0.992. The summed E-state index contributed by atoms with van der Waals surface area (Å²) in [5.41, 5.74) is 5.15. The average molecular weight is 183 g/mol. The lowest BCUT2D eigenvalue weighted by atomic mass is 10.1. The van der Waals surface area contributed by atoms with Gasteiger partial charge in [0.1, 0.15) is 17.6 Å². The lowest BCUT2D eigenvalue weighted by Crippen LogP contribution is -2.15. The highest BCUT2D eigenvalue weighted by atomic mass is 16.5. The topological polar surface area (TPSA) is 82.5 Å². The van der Waals surface area contributed by atoms with Crippen LogP contribution in [0.4, 0.5) is 0 Å². The molecular formula is C8H9NO4. The maximum atomic E-state index is 11.1. The van der Waals surface area contributed by atoms with E-state index in [1.165, 1.54) is 7.11 Å². The number of methoxy groups -OCH3 is 1. The Morgan fingerprint density at radius 1 is 1.54 bits per heavy atom. The van der Waals surface area contributed by atoms with Crippen LogP contribution in [0.3, 0.4) is 0 Å². The Morgan fingerprint density at radius 3 is 2.62 bits per heavy atom. The van der Waals surface area contributed by atoms with Crippen molar-refractivity contribution in [2.45, 2.75) is 6.92 Å². The summed E-state index contributed by atoms with van der Waals surface area (Å²) in [7, 11) is 1.22. The molecule has 2 N–H and O–H groups in total. The van der Waals surface area contributed by atoms with Gasteiger partial charge in [0.15, 0.2) is 0 Å². The zero-order chi connectivity index (χ0) is 10.0. The van der Waals surface area contributed by atoms with E-state index in [4.69, 9.17) is 10.2 Å². The molecule has 1 rings (SSSR count). The largest absolute Gasteiger partial charge is 0.468 e. The number of hydrogen-bond donors (Lipinski definition) is 1. The van der Waals surface area contributed by atoms with E-state index in [0.717, 1.165) is 6.26 Å². The van der Waals surface area contributed by atoms with Crippen molar-refractivity contribution in [3.8, 4) is 0 Å². The summed E-state index contributed by atoms with van der Waals surface area (Å²) in [5.74, 6) is -1.02. The summed E-state index contributed by atoms with van der Waals surface area (Å²) in [6, 6.07) is 0. The second kappa shape index (κ2) is 3.30. The molecule has 1 amide bonds. The van der Waals surface area contributed by atoms with Crippen LogP contribution in [0.5, 0.6) is 0 Å². The van der Waals surface area contributed by atoms with Gasteiger partial charge in [-0.05, 0) is 6.92 Å². The second-order valence-electron chi connectivity index (χ2n) is 2.44. The lowest BCUT2D eigenvalue weighted by Gasteiger charge is -1.97. The molecule has 0 saturated carbocycles. The van der Waals surface area contributed by atoms with E-state index in [9.17, 15) is 9.59 Å². The SMILES string of the molecule is COC(=O)c1c(C(N)=O)coc1C. The van der Waals surface area contributed by atoms with Crippen LogP contribution in [0.2, 0.25) is 0 Å². The number of esters is 1. The number of aryl methyl sites for hydroxylation is 1. The first-order chi connectivity index (χ1) is 6.07. The molecule has 5 nitrogen and oxygen atoms in total. The van der Waals surface area contributed by atoms with E-state index in [1.807, 2.05) is 0 Å². The van der Waals surface area contributed by atoms with E-state index < -0.39 is 11.9 Å². The van der Waals surface area contributed by atoms with E-state index in [0.29, 0.717) is 5.76 Å². The van der Waals surface area contributed by atoms with Gasteiger partial charge < -0.3 is 14.9 Å². The van der Waals surface area contributed by atoms with E-state index >= 15 is 0 Å². The van der Waals surface area contributed by atoms with Crippen LogP contribution >= 0.6 is 0 Å². The Labute approximate surface area is 74.5 Å². The number of amides is 1. The minimum Gasteiger partial charge on any atom is -0.468 e. The molecule has 0 aromatic carbocycles. The molecule has 0 fully saturated rings. The van der Waals surface area contributed by atoms with Gasteiger partial charge in [0.2, 0.25) is 0 Å². The summed E-state index contributed by atoms with van der Waals surface area (Å²) in [6.07, 6.45) is 1.14. The fraction of sp³-hybridized carbons (Fsp3) is 0.250. The van der Waals surface area contributed by atoms with Gasteiger partial charge in [0, 0.05) is 0 Å². The molecule has 0 bridgehead atoms. The molecule has 5 heteroatoms. The number of ether oxygens (including phenoxy) is 1. The van der Waals surface area contributed by atoms with Crippen molar-refractivity contribution in [2.75, 3.05) is 7.11 Å². The molecule has 0 radical (unpaired) electrons. The van der Waals surface area contributed by atoms with Gasteiger partial charge >= 0.3 is 5.97 Å². The lowest BCUT2D eigenvalue weighted by molar-refractivity contribution is 0.0595. The van der Waals surface area contributed by atoms with Crippen LogP contribution in [0.1, 0.15) is 26.5 Å². The monoisotopic (exact) mass is 183 g/mol. The molecule has 1 heterocycles. The average Bonchev–Trinajstić information content (AvgIpc) is 2.46. The van der Waals surface area contributed by atoms with Crippen LogP contribution in [-0.2, 0) is 4.74 Å². The van der Waals surface area contributed by atoms with Crippen LogP contribution in [0.15, 0.2) is 10.7 Å². The van der Waals surface area contributed by atoms with Crippen molar-refractivity contribution in [1.82, 2.24) is 0 Å². The summed E-state index contributed by atoms with van der Waals surface area (Å²) in [4.78, 5) is 21.9. The van der Waals surface area contributed by atoms with Crippen molar-refractivity contribution in [3.05, 3.63) is 23.2 Å². The first-order valence-electron chi connectivity index (χ1n) is 3.54. The molecule has 0 aliphatic carbocycles. The second-order valence-corrected chi connectivity index (χ2v) is 2.44. The van der Waals surface area contributed by atoms with E-state index in [2.05, 4.69) is 4.74 Å². The maximum absolute atomic E-state index is 11.1. The minimum atomic E-state index is -0.711. The van der Waals surface area contributed by atoms with Gasteiger partial charge in [0.25, 0.3) is 5.91 Å². The normalized spacial score (nSPS) is 9.69. The van der Waals surface area contributed by atoms with Gasteiger partial charge in [-0.25, -0.2) is 4.79 Å². The van der Waals surface area contributed by atoms with E-state index in [1.54, 1.807) is 6.92 Å². The first-order valence-corrected chi connectivity index (χ1v) is 3.54. The zero-order valence-electron chi connectivity index (χ0n) is 7.29. The van der Waals surface area contributed by atoms with Crippen molar-refractivity contribution in [2.24, 2.45) is 5.73 Å². The molecule has 0 spiro atoms. The van der Waals surface area contributed by atoms with Gasteiger partial charge in [-0.3, -0.25) is 4.79 Å². The number of hydrogen-bond acceptors (Lipinski definition) is 4. The van der Waals surface area contributed by atoms with Crippen LogP contribution in [-0.4, -0.2) is 19.0 Å². The predicted molar refractivity (Wildman–Crippen MR) is 43.3 cm³/mol. The van der Waals surface area contributed by atoms with Crippen LogP contribution in [0, 0.1) is 6.92 Å². The molecule has 0 atom stereocenters. The van der Waals surface area contributed by atoms with Crippen LogP contribution in [0.25, 0.3) is 0 Å². The Morgan fingerprint density at radius 2 is 2.15 bits per heavy atom. The Hall–Kier alpha value is -1.78. The molecule has 0 unspecified atom stereocenters. The third-order valence-corrected chi connectivity index (χ3v) is 1.63. The highest BCUT2D eigenvalue weighted by molar-refractivity contribution is 6.05. The Bertz CT molecular complexity index is 353. The number of primary amides is 1. The molecule has 0 aliphatic rings. The summed E-state index contributed by atoms with van der Waals surface area (Å²) in [6.45, 7) is 1.55. The fourth-order valence-corrected chi connectivity index (χ4v) is 0.992. The first kappa shape index (κ1) is 9.31. The molecular weight excluding hydrogens is 174 g/mol. The molecule has 1 aromatic rings. The summed E-state index contributed by atoms with van der Waals surface area (Å²) >= 11 is 0. The number of carbonyl (C=O) groups excluding carboxylic acids is 2. The molecule has 0 saturated heterocycles. The van der Waals surface area contributed by atoms with E-state index in [-0.39, 0.29) is 11.1 Å². The highest BCUT2D eigenvalue weighted by Gasteiger charge is 2.21. The molecule has 1 aromatic heterocycles. The number of nitrogens with two attached hydrogens (primary N) is 1. The quantitative estimate of drug-likeness (QED) is 0.675.